The molecule has 0 radical (unpaired) electrons. The van der Waals surface area contributed by atoms with E-state index < -0.39 is 28.5 Å². The lowest BCUT2D eigenvalue weighted by atomic mass is 9.95. The van der Waals surface area contributed by atoms with Crippen molar-refractivity contribution in [3.8, 4) is 11.5 Å². The summed E-state index contributed by atoms with van der Waals surface area (Å²) < 4.78 is 17.3. The van der Waals surface area contributed by atoms with E-state index in [4.69, 9.17) is 14.2 Å². The topological polar surface area (TPSA) is 139 Å². The van der Waals surface area contributed by atoms with Crippen LogP contribution in [-0.2, 0) is 14.3 Å². The average molecular weight is 538 g/mol. The molecule has 0 fully saturated rings. The summed E-state index contributed by atoms with van der Waals surface area (Å²) in [5, 5.41) is 11.4. The summed E-state index contributed by atoms with van der Waals surface area (Å²) in [5.41, 5.74) is 0.816. The molecular weight excluding hydrogens is 514 g/mol. The molecular formula is C26H23N3O8S. The Morgan fingerprint density at radius 1 is 1.21 bits per heavy atom. The molecule has 38 heavy (non-hydrogen) atoms. The molecule has 4 rings (SSSR count). The molecule has 11 nitrogen and oxygen atoms in total. The van der Waals surface area contributed by atoms with Crippen LogP contribution in [0.5, 0.6) is 11.5 Å². The second-order valence-corrected chi connectivity index (χ2v) is 9.17. The molecule has 0 saturated carbocycles. The van der Waals surface area contributed by atoms with E-state index in [1.54, 1.807) is 44.2 Å². The number of rotatable bonds is 7. The van der Waals surface area contributed by atoms with Crippen molar-refractivity contribution in [3.63, 3.8) is 0 Å². The van der Waals surface area contributed by atoms with Gasteiger partial charge in [-0.15, -0.1) is 0 Å². The van der Waals surface area contributed by atoms with Gasteiger partial charge in [-0.1, -0.05) is 29.5 Å². The van der Waals surface area contributed by atoms with Crippen molar-refractivity contribution in [2.24, 2.45) is 4.99 Å². The minimum absolute atomic E-state index is 0.104. The second-order valence-electron chi connectivity index (χ2n) is 8.16. The second kappa shape index (κ2) is 10.8. The van der Waals surface area contributed by atoms with Gasteiger partial charge in [0.25, 0.3) is 11.2 Å². The summed E-state index contributed by atoms with van der Waals surface area (Å²) in [6.07, 6.45) is 1.62. The van der Waals surface area contributed by atoms with Gasteiger partial charge in [0.1, 0.15) is 0 Å². The van der Waals surface area contributed by atoms with E-state index in [-0.39, 0.29) is 23.6 Å². The van der Waals surface area contributed by atoms with Crippen LogP contribution in [-0.4, -0.2) is 35.1 Å². The predicted molar refractivity (Wildman–Crippen MR) is 138 cm³/mol. The molecule has 0 N–H and O–H groups in total. The number of thiazole rings is 1. The first kappa shape index (κ1) is 26.5. The molecule has 1 aliphatic heterocycles. The van der Waals surface area contributed by atoms with Crippen molar-refractivity contribution in [3.05, 3.63) is 94.7 Å². The van der Waals surface area contributed by atoms with Crippen LogP contribution in [0, 0.1) is 10.1 Å². The normalized spacial score (nSPS) is 14.9. The molecule has 1 atom stereocenters. The third kappa shape index (κ3) is 5.11. The number of allylic oxidation sites excluding steroid dienone is 1. The maximum atomic E-state index is 13.7. The molecule has 3 aromatic rings. The van der Waals surface area contributed by atoms with Gasteiger partial charge in [0, 0.05) is 19.1 Å². The van der Waals surface area contributed by atoms with E-state index in [1.165, 1.54) is 36.8 Å². The summed E-state index contributed by atoms with van der Waals surface area (Å²) in [6, 6.07) is 9.63. The molecule has 196 valence electrons. The molecule has 0 spiro atoms. The summed E-state index contributed by atoms with van der Waals surface area (Å²) in [6.45, 7) is 4.67. The van der Waals surface area contributed by atoms with Crippen LogP contribution in [0.1, 0.15) is 37.9 Å². The first-order valence-electron chi connectivity index (χ1n) is 11.4. The fraction of sp³-hybridized carbons (Fsp3) is 0.231. The molecule has 0 aliphatic carbocycles. The van der Waals surface area contributed by atoms with Crippen molar-refractivity contribution < 1.29 is 28.7 Å². The Morgan fingerprint density at radius 2 is 1.97 bits per heavy atom. The molecule has 0 amide bonds. The summed E-state index contributed by atoms with van der Waals surface area (Å²) in [4.78, 5) is 53.7. The molecule has 2 aromatic carbocycles. The van der Waals surface area contributed by atoms with Crippen molar-refractivity contribution in [2.75, 3.05) is 13.7 Å². The minimum atomic E-state index is -0.978. The van der Waals surface area contributed by atoms with E-state index in [2.05, 4.69) is 4.99 Å². The van der Waals surface area contributed by atoms with E-state index in [0.29, 0.717) is 31.9 Å². The number of esters is 2. The van der Waals surface area contributed by atoms with Crippen molar-refractivity contribution in [2.45, 2.75) is 26.8 Å². The fourth-order valence-corrected chi connectivity index (χ4v) is 5.13. The van der Waals surface area contributed by atoms with Crippen LogP contribution >= 0.6 is 11.3 Å². The fourth-order valence-electron chi connectivity index (χ4n) is 4.08. The van der Waals surface area contributed by atoms with E-state index >= 15 is 0 Å². The number of benzene rings is 2. The minimum Gasteiger partial charge on any atom is -0.493 e. The van der Waals surface area contributed by atoms with Gasteiger partial charge in [0.15, 0.2) is 16.3 Å². The van der Waals surface area contributed by atoms with E-state index in [9.17, 15) is 24.5 Å². The third-order valence-electron chi connectivity index (χ3n) is 5.65. The first-order valence-corrected chi connectivity index (χ1v) is 12.3. The van der Waals surface area contributed by atoms with Crippen molar-refractivity contribution in [1.82, 2.24) is 4.57 Å². The smallest absolute Gasteiger partial charge is 0.338 e. The molecule has 0 unspecified atom stereocenters. The lowest BCUT2D eigenvalue weighted by Crippen LogP contribution is -2.40. The average Bonchev–Trinajstić information content (AvgIpc) is 3.18. The number of aromatic nitrogens is 1. The quantitative estimate of drug-likeness (QED) is 0.194. The lowest BCUT2D eigenvalue weighted by molar-refractivity contribution is -0.384. The number of ether oxygens (including phenoxy) is 3. The van der Waals surface area contributed by atoms with Crippen LogP contribution in [0.3, 0.4) is 0 Å². The Kier molecular flexibility index (Phi) is 7.53. The standard InChI is InChI=1S/C26H23N3O8S/c1-5-36-25(32)22-14(2)27-26-28(23(22)17-7-6-8-18(13-17)29(33)34)24(31)21(38-26)12-16-9-10-19(37-15(3)30)20(11-16)35-4/h6-13,23H,5H2,1-4H3/b21-12+/t23-/m1/s1. The number of hydrogen-bond donors (Lipinski definition) is 0. The van der Waals surface area contributed by atoms with Gasteiger partial charge in [-0.3, -0.25) is 24.3 Å². The van der Waals surface area contributed by atoms with Crippen LogP contribution in [0.25, 0.3) is 6.08 Å². The van der Waals surface area contributed by atoms with Crippen molar-refractivity contribution in [1.29, 1.82) is 0 Å². The Bertz CT molecular complexity index is 1670. The highest BCUT2D eigenvalue weighted by Crippen LogP contribution is 2.32. The number of non-ortho nitro benzene ring substituents is 1. The molecule has 12 heteroatoms. The molecule has 0 saturated heterocycles. The van der Waals surface area contributed by atoms with Gasteiger partial charge in [-0.2, -0.15) is 0 Å². The number of nitro benzene ring substituents is 1. The van der Waals surface area contributed by atoms with Gasteiger partial charge in [-0.05, 0) is 43.2 Å². The third-order valence-corrected chi connectivity index (χ3v) is 6.64. The Labute approximate surface area is 220 Å². The Morgan fingerprint density at radius 3 is 2.63 bits per heavy atom. The molecule has 1 aliphatic rings. The SMILES string of the molecule is CCOC(=O)C1=C(C)N=c2s/c(=C/c3ccc(OC(C)=O)c(OC)c3)c(=O)n2[C@@H]1c1cccc([N+](=O)[O-])c1. The lowest BCUT2D eigenvalue weighted by Gasteiger charge is -2.24. The number of nitro groups is 1. The Balaban J connectivity index is 1.92. The number of carbonyl (C=O) groups is 2. The molecule has 1 aromatic heterocycles. The van der Waals surface area contributed by atoms with E-state index in [0.717, 1.165) is 11.3 Å². The predicted octanol–water partition coefficient (Wildman–Crippen LogP) is 2.64. The van der Waals surface area contributed by atoms with Gasteiger partial charge in [0.05, 0.1) is 40.5 Å². The van der Waals surface area contributed by atoms with Gasteiger partial charge >= 0.3 is 11.9 Å². The zero-order valence-corrected chi connectivity index (χ0v) is 21.7. The summed E-state index contributed by atoms with van der Waals surface area (Å²) in [5.74, 6) is -0.626. The number of hydrogen-bond acceptors (Lipinski definition) is 10. The highest BCUT2D eigenvalue weighted by Gasteiger charge is 2.34. The van der Waals surface area contributed by atoms with Gasteiger partial charge in [0.2, 0.25) is 0 Å². The molecule has 2 heterocycles. The summed E-state index contributed by atoms with van der Waals surface area (Å²) in [7, 11) is 1.43. The van der Waals surface area contributed by atoms with Crippen LogP contribution in [0.4, 0.5) is 5.69 Å². The number of methoxy groups -OCH3 is 1. The van der Waals surface area contributed by atoms with Gasteiger partial charge in [-0.25, -0.2) is 9.79 Å². The van der Waals surface area contributed by atoms with Gasteiger partial charge < -0.3 is 14.2 Å². The zero-order valence-electron chi connectivity index (χ0n) is 20.9. The number of carbonyl (C=O) groups excluding carboxylic acids is 2. The number of nitrogens with zero attached hydrogens (tertiary/aromatic N) is 3. The largest absolute Gasteiger partial charge is 0.493 e. The van der Waals surface area contributed by atoms with E-state index in [1.807, 2.05) is 0 Å². The van der Waals surface area contributed by atoms with Crippen LogP contribution in [0.15, 0.2) is 63.5 Å². The number of fused-ring (bicyclic) bond motifs is 1. The maximum Gasteiger partial charge on any atom is 0.338 e. The van der Waals surface area contributed by atoms with Crippen LogP contribution in [0.2, 0.25) is 0 Å². The Hall–Kier alpha value is -4.58. The highest BCUT2D eigenvalue weighted by atomic mass is 32.1. The molecule has 0 bridgehead atoms. The van der Waals surface area contributed by atoms with Crippen LogP contribution < -0.4 is 24.4 Å². The monoisotopic (exact) mass is 537 g/mol. The maximum absolute atomic E-state index is 13.7. The summed E-state index contributed by atoms with van der Waals surface area (Å²) >= 11 is 1.11. The zero-order chi connectivity index (χ0) is 27.6. The highest BCUT2D eigenvalue weighted by molar-refractivity contribution is 7.07. The first-order chi connectivity index (χ1) is 18.1. The van der Waals surface area contributed by atoms with Crippen molar-refractivity contribution >= 4 is 35.0 Å².